The van der Waals surface area contributed by atoms with Crippen LogP contribution in [0.3, 0.4) is 0 Å². The van der Waals surface area contributed by atoms with Gasteiger partial charge in [0, 0.05) is 26.6 Å². The van der Waals surface area contributed by atoms with E-state index in [0.717, 1.165) is 95.9 Å². The largest absolute Gasteiger partial charge is 0.368 e. The summed E-state index contributed by atoms with van der Waals surface area (Å²) in [7, 11) is 0. The SMILES string of the molecule is CC(=O)N[C@@H](C(=O)N1CCC[C@H]1c1ncc(-c2ccc(-c3ccc(-c4cnc([C@@H]5CCCN5C(=O)[C@H]5CCCO5)[nH]4)cc3)cc2)[nH]1)c1ccccc1. The average molecular weight is 698 g/mol. The minimum Gasteiger partial charge on any atom is -0.368 e. The third-order valence-electron chi connectivity index (χ3n) is 10.6. The van der Waals surface area contributed by atoms with Crippen LogP contribution in [-0.4, -0.2) is 73.3 Å². The molecule has 0 unspecified atom stereocenters. The number of rotatable bonds is 9. The quantitative estimate of drug-likeness (QED) is 0.161. The van der Waals surface area contributed by atoms with Gasteiger partial charge in [-0.3, -0.25) is 14.4 Å². The Balaban J connectivity index is 0.930. The molecular weight excluding hydrogens is 654 g/mol. The van der Waals surface area contributed by atoms with Crippen molar-refractivity contribution in [2.24, 2.45) is 0 Å². The summed E-state index contributed by atoms with van der Waals surface area (Å²) in [6, 6.07) is 25.1. The number of aromatic nitrogens is 4. The minimum atomic E-state index is -0.746. The van der Waals surface area contributed by atoms with Crippen molar-refractivity contribution in [1.29, 1.82) is 0 Å². The number of nitrogens with one attached hydrogen (secondary N) is 3. The molecule has 3 aromatic carbocycles. The lowest BCUT2D eigenvalue weighted by Crippen LogP contribution is -2.42. The number of imidazole rings is 2. The number of benzene rings is 3. The molecule has 11 nitrogen and oxygen atoms in total. The molecule has 0 saturated carbocycles. The zero-order valence-corrected chi connectivity index (χ0v) is 29.3. The number of aromatic amines is 2. The summed E-state index contributed by atoms with van der Waals surface area (Å²) < 4.78 is 5.67. The van der Waals surface area contributed by atoms with Crippen LogP contribution >= 0.6 is 0 Å². The van der Waals surface area contributed by atoms with Gasteiger partial charge < -0.3 is 29.8 Å². The molecule has 11 heteroatoms. The fourth-order valence-corrected chi connectivity index (χ4v) is 7.88. The molecule has 3 N–H and O–H groups in total. The van der Waals surface area contributed by atoms with Crippen LogP contribution in [0.5, 0.6) is 0 Å². The van der Waals surface area contributed by atoms with Crippen molar-refractivity contribution in [2.45, 2.75) is 69.7 Å². The summed E-state index contributed by atoms with van der Waals surface area (Å²) in [5.41, 5.74) is 6.78. The van der Waals surface area contributed by atoms with Crippen LogP contribution in [0.1, 0.15) is 80.8 Å². The highest BCUT2D eigenvalue weighted by atomic mass is 16.5. The standard InChI is InChI=1S/C41H43N7O4/c1-26(49)44-37(31-8-3-2-4-9-31)41(51)48-22-6-11-35(48)39-43-25-33(46-39)30-19-15-28(16-20-30)27-13-17-29(18-14-27)32-24-42-38(45-32)34-10-5-21-47(34)40(50)36-12-7-23-52-36/h2-4,8-9,13-20,24-25,34-37H,5-7,10-12,21-23H2,1H3,(H,42,45)(H,43,46)(H,44,49)/t34-,35-,36+,37+/m0/s1. The van der Waals surface area contributed by atoms with E-state index in [2.05, 4.69) is 63.8 Å². The molecule has 3 fully saturated rings. The van der Waals surface area contributed by atoms with Crippen LogP contribution in [0.2, 0.25) is 0 Å². The Morgan fingerprint density at radius 2 is 1.25 bits per heavy atom. The second-order valence-corrected chi connectivity index (χ2v) is 13.9. The molecule has 0 radical (unpaired) electrons. The van der Waals surface area contributed by atoms with Crippen molar-refractivity contribution in [3.05, 3.63) is 108 Å². The van der Waals surface area contributed by atoms with Crippen molar-refractivity contribution in [3.63, 3.8) is 0 Å². The van der Waals surface area contributed by atoms with Gasteiger partial charge in [-0.15, -0.1) is 0 Å². The number of H-pyrrole nitrogens is 2. The van der Waals surface area contributed by atoms with E-state index in [1.165, 1.54) is 6.92 Å². The molecule has 4 atom stereocenters. The van der Waals surface area contributed by atoms with E-state index in [1.54, 1.807) is 0 Å². The second kappa shape index (κ2) is 14.6. The molecule has 2 aromatic heterocycles. The van der Waals surface area contributed by atoms with Gasteiger partial charge in [-0.05, 0) is 66.3 Å². The lowest BCUT2D eigenvalue weighted by atomic mass is 10.0. The summed E-state index contributed by atoms with van der Waals surface area (Å²) in [5.74, 6) is 1.28. The van der Waals surface area contributed by atoms with Crippen molar-refractivity contribution in [1.82, 2.24) is 35.1 Å². The zero-order valence-electron chi connectivity index (χ0n) is 29.3. The van der Waals surface area contributed by atoms with E-state index >= 15 is 0 Å². The second-order valence-electron chi connectivity index (χ2n) is 13.9. The van der Waals surface area contributed by atoms with Gasteiger partial charge in [0.25, 0.3) is 5.91 Å². The Hall–Kier alpha value is -5.55. The summed E-state index contributed by atoms with van der Waals surface area (Å²) in [6.07, 6.45) is 8.62. The summed E-state index contributed by atoms with van der Waals surface area (Å²) in [4.78, 5) is 59.1. The van der Waals surface area contributed by atoms with Gasteiger partial charge in [-0.1, -0.05) is 78.9 Å². The maximum Gasteiger partial charge on any atom is 0.252 e. The van der Waals surface area contributed by atoms with Crippen LogP contribution in [0.25, 0.3) is 33.6 Å². The van der Waals surface area contributed by atoms with Gasteiger partial charge in [0.1, 0.15) is 23.8 Å². The predicted molar refractivity (Wildman–Crippen MR) is 196 cm³/mol. The highest BCUT2D eigenvalue weighted by Gasteiger charge is 2.38. The average Bonchev–Trinajstić information content (AvgIpc) is 4.03. The number of hydrogen-bond acceptors (Lipinski definition) is 6. The first kappa shape index (κ1) is 33.6. The maximum atomic E-state index is 13.8. The Kier molecular flexibility index (Phi) is 9.42. The molecule has 0 spiro atoms. The molecule has 3 aliphatic rings. The molecule has 52 heavy (non-hydrogen) atoms. The molecule has 266 valence electrons. The number of nitrogens with zero attached hydrogens (tertiary/aromatic N) is 4. The fraction of sp³-hybridized carbons (Fsp3) is 0.341. The van der Waals surface area contributed by atoms with Crippen LogP contribution in [0, 0.1) is 0 Å². The normalized spacial score (nSPS) is 20.7. The maximum absolute atomic E-state index is 13.8. The monoisotopic (exact) mass is 697 g/mol. The van der Waals surface area contributed by atoms with Crippen molar-refractivity contribution >= 4 is 17.7 Å². The number of likely N-dealkylation sites (tertiary alicyclic amines) is 2. The van der Waals surface area contributed by atoms with E-state index in [1.807, 2.05) is 52.5 Å². The fourth-order valence-electron chi connectivity index (χ4n) is 7.88. The van der Waals surface area contributed by atoms with Gasteiger partial charge in [-0.2, -0.15) is 0 Å². The molecule has 8 rings (SSSR count). The molecule has 5 aromatic rings. The van der Waals surface area contributed by atoms with Gasteiger partial charge in [-0.25, -0.2) is 9.97 Å². The van der Waals surface area contributed by atoms with Gasteiger partial charge in [0.15, 0.2) is 0 Å². The molecule has 0 bridgehead atoms. The summed E-state index contributed by atoms with van der Waals surface area (Å²) in [5, 5.41) is 2.85. The minimum absolute atomic E-state index is 0.0455. The van der Waals surface area contributed by atoms with Crippen LogP contribution in [-0.2, 0) is 19.1 Å². The van der Waals surface area contributed by atoms with E-state index in [-0.39, 0.29) is 35.9 Å². The lowest BCUT2D eigenvalue weighted by molar-refractivity contribution is -0.142. The Morgan fingerprint density at radius 3 is 1.79 bits per heavy atom. The van der Waals surface area contributed by atoms with Gasteiger partial charge in [0.05, 0.1) is 35.9 Å². The number of hydrogen-bond donors (Lipinski definition) is 3. The smallest absolute Gasteiger partial charge is 0.252 e. The Morgan fingerprint density at radius 1 is 0.712 bits per heavy atom. The van der Waals surface area contributed by atoms with E-state index < -0.39 is 6.04 Å². The van der Waals surface area contributed by atoms with Crippen LogP contribution < -0.4 is 5.32 Å². The van der Waals surface area contributed by atoms with E-state index in [4.69, 9.17) is 14.7 Å². The van der Waals surface area contributed by atoms with Crippen molar-refractivity contribution in [3.8, 4) is 33.6 Å². The lowest BCUT2D eigenvalue weighted by Gasteiger charge is -2.28. The van der Waals surface area contributed by atoms with E-state index in [0.29, 0.717) is 13.2 Å². The zero-order chi connectivity index (χ0) is 35.6. The van der Waals surface area contributed by atoms with Crippen LogP contribution in [0.4, 0.5) is 0 Å². The molecular formula is C41H43N7O4. The third-order valence-corrected chi connectivity index (χ3v) is 10.6. The van der Waals surface area contributed by atoms with Gasteiger partial charge >= 0.3 is 0 Å². The predicted octanol–water partition coefficient (Wildman–Crippen LogP) is 6.52. The molecule has 3 saturated heterocycles. The first-order chi connectivity index (χ1) is 25.4. The molecule has 3 aliphatic heterocycles. The number of ether oxygens (including phenoxy) is 1. The summed E-state index contributed by atoms with van der Waals surface area (Å²) >= 11 is 0. The first-order valence-electron chi connectivity index (χ1n) is 18.3. The molecule has 3 amide bonds. The highest BCUT2D eigenvalue weighted by molar-refractivity contribution is 5.88. The Labute approximate surface area is 302 Å². The number of carbonyl (C=O) groups is 3. The topological polar surface area (TPSA) is 136 Å². The van der Waals surface area contributed by atoms with E-state index in [9.17, 15) is 14.4 Å². The Bertz CT molecular complexity index is 2030. The summed E-state index contributed by atoms with van der Waals surface area (Å²) in [6.45, 7) is 3.44. The van der Waals surface area contributed by atoms with Crippen molar-refractivity contribution in [2.75, 3.05) is 19.7 Å². The molecule has 5 heterocycles. The first-order valence-corrected chi connectivity index (χ1v) is 18.3. The number of amides is 3. The third kappa shape index (κ3) is 6.76. The van der Waals surface area contributed by atoms with Crippen LogP contribution in [0.15, 0.2) is 91.3 Å². The van der Waals surface area contributed by atoms with Crippen molar-refractivity contribution < 1.29 is 19.1 Å². The highest BCUT2D eigenvalue weighted by Crippen LogP contribution is 2.36. The van der Waals surface area contributed by atoms with Gasteiger partial charge in [0.2, 0.25) is 11.8 Å². The number of carbonyl (C=O) groups excluding carboxylic acids is 3. The molecule has 0 aliphatic carbocycles.